The van der Waals surface area contributed by atoms with Gasteiger partial charge in [-0.1, -0.05) is 6.92 Å². The van der Waals surface area contributed by atoms with Crippen molar-refractivity contribution in [2.45, 2.75) is 57.5 Å². The lowest BCUT2D eigenvalue weighted by Crippen LogP contribution is -2.35. The molecule has 76 valence electrons. The molecule has 0 aliphatic heterocycles. The molecule has 2 fully saturated rings. The second kappa shape index (κ2) is 3.58. The summed E-state index contributed by atoms with van der Waals surface area (Å²) < 4.78 is 0. The SMILES string of the molecule is CCCNC1CCC2(CC1)CC2N. The van der Waals surface area contributed by atoms with Crippen LogP contribution in [0.3, 0.4) is 0 Å². The molecule has 0 bridgehead atoms. The minimum absolute atomic E-state index is 0.541. The number of hydrogen-bond acceptors (Lipinski definition) is 2. The minimum Gasteiger partial charge on any atom is -0.327 e. The van der Waals surface area contributed by atoms with E-state index in [1.807, 2.05) is 0 Å². The molecule has 1 atom stereocenters. The highest BCUT2D eigenvalue weighted by Gasteiger charge is 2.52. The molecule has 1 spiro atoms. The van der Waals surface area contributed by atoms with Gasteiger partial charge in [0.25, 0.3) is 0 Å². The van der Waals surface area contributed by atoms with E-state index in [9.17, 15) is 0 Å². The predicted molar refractivity (Wildman–Crippen MR) is 55.6 cm³/mol. The van der Waals surface area contributed by atoms with Gasteiger partial charge in [0.05, 0.1) is 0 Å². The standard InChI is InChI=1S/C11H22N2/c1-2-7-13-9-3-5-11(6-4-9)8-10(11)12/h9-10,13H,2-8,12H2,1H3. The summed E-state index contributed by atoms with van der Waals surface area (Å²) in [4.78, 5) is 0. The maximum absolute atomic E-state index is 5.96. The van der Waals surface area contributed by atoms with E-state index in [1.54, 1.807) is 0 Å². The van der Waals surface area contributed by atoms with Crippen LogP contribution in [0.1, 0.15) is 45.4 Å². The average Bonchev–Trinajstić information content (AvgIpc) is 2.76. The summed E-state index contributed by atoms with van der Waals surface area (Å²) in [6.45, 7) is 3.41. The third kappa shape index (κ3) is 1.89. The predicted octanol–water partition coefficient (Wildman–Crippen LogP) is 1.65. The van der Waals surface area contributed by atoms with Crippen molar-refractivity contribution in [1.82, 2.24) is 5.32 Å². The molecule has 3 N–H and O–H groups in total. The van der Waals surface area contributed by atoms with Gasteiger partial charge in [0, 0.05) is 12.1 Å². The second-order valence-corrected chi connectivity index (χ2v) is 4.90. The molecule has 0 radical (unpaired) electrons. The van der Waals surface area contributed by atoms with Crippen LogP contribution in [0.4, 0.5) is 0 Å². The molecule has 2 heteroatoms. The first kappa shape index (κ1) is 9.47. The molecule has 2 saturated carbocycles. The smallest absolute Gasteiger partial charge is 0.0102 e. The molecule has 2 rings (SSSR count). The molecular formula is C11H22N2. The summed E-state index contributed by atoms with van der Waals surface area (Å²) in [5.74, 6) is 0. The van der Waals surface area contributed by atoms with Crippen LogP contribution in [0.25, 0.3) is 0 Å². The third-order valence-electron chi connectivity index (χ3n) is 3.92. The lowest BCUT2D eigenvalue weighted by molar-refractivity contribution is 0.268. The van der Waals surface area contributed by atoms with E-state index in [0.717, 1.165) is 6.04 Å². The fraction of sp³-hybridized carbons (Fsp3) is 1.00. The molecule has 0 saturated heterocycles. The summed E-state index contributed by atoms with van der Waals surface area (Å²) in [6.07, 6.45) is 8.00. The zero-order chi connectivity index (χ0) is 9.31. The molecule has 0 aromatic rings. The number of rotatable bonds is 3. The minimum atomic E-state index is 0.541. The Morgan fingerprint density at radius 2 is 2.00 bits per heavy atom. The van der Waals surface area contributed by atoms with Crippen molar-refractivity contribution in [2.75, 3.05) is 6.54 Å². The van der Waals surface area contributed by atoms with Crippen LogP contribution in [-0.4, -0.2) is 18.6 Å². The van der Waals surface area contributed by atoms with Crippen LogP contribution in [0, 0.1) is 5.41 Å². The fourth-order valence-electron chi connectivity index (χ4n) is 2.70. The Bertz CT molecular complexity index is 171. The van der Waals surface area contributed by atoms with Gasteiger partial charge in [-0.05, 0) is 50.5 Å². The Labute approximate surface area is 81.3 Å². The monoisotopic (exact) mass is 182 g/mol. The number of hydrogen-bond donors (Lipinski definition) is 2. The molecule has 0 amide bonds. The van der Waals surface area contributed by atoms with Gasteiger partial charge < -0.3 is 11.1 Å². The van der Waals surface area contributed by atoms with Crippen LogP contribution in [0.2, 0.25) is 0 Å². The Hall–Kier alpha value is -0.0800. The molecule has 0 heterocycles. The number of nitrogens with one attached hydrogen (secondary N) is 1. The van der Waals surface area contributed by atoms with Crippen molar-refractivity contribution in [3.63, 3.8) is 0 Å². The fourth-order valence-corrected chi connectivity index (χ4v) is 2.70. The zero-order valence-electron chi connectivity index (χ0n) is 8.68. The maximum atomic E-state index is 5.96. The van der Waals surface area contributed by atoms with Crippen molar-refractivity contribution in [1.29, 1.82) is 0 Å². The Morgan fingerprint density at radius 1 is 1.38 bits per heavy atom. The van der Waals surface area contributed by atoms with E-state index in [1.165, 1.54) is 45.1 Å². The first-order chi connectivity index (χ1) is 6.27. The van der Waals surface area contributed by atoms with Crippen molar-refractivity contribution < 1.29 is 0 Å². The molecule has 13 heavy (non-hydrogen) atoms. The Balaban J connectivity index is 1.71. The van der Waals surface area contributed by atoms with E-state index in [4.69, 9.17) is 5.73 Å². The summed E-state index contributed by atoms with van der Waals surface area (Å²) in [7, 11) is 0. The molecule has 2 aliphatic rings. The molecule has 0 aromatic carbocycles. The van der Waals surface area contributed by atoms with Gasteiger partial charge in [-0.2, -0.15) is 0 Å². The topological polar surface area (TPSA) is 38.0 Å². The Kier molecular flexibility index (Phi) is 2.61. The van der Waals surface area contributed by atoms with E-state index in [0.29, 0.717) is 11.5 Å². The lowest BCUT2D eigenvalue weighted by Gasteiger charge is -2.29. The highest BCUT2D eigenvalue weighted by Crippen LogP contribution is 2.54. The van der Waals surface area contributed by atoms with E-state index < -0.39 is 0 Å². The van der Waals surface area contributed by atoms with Crippen molar-refractivity contribution in [3.05, 3.63) is 0 Å². The van der Waals surface area contributed by atoms with Crippen molar-refractivity contribution in [3.8, 4) is 0 Å². The summed E-state index contributed by atoms with van der Waals surface area (Å²) in [5.41, 5.74) is 6.56. The van der Waals surface area contributed by atoms with Gasteiger partial charge in [-0.25, -0.2) is 0 Å². The summed E-state index contributed by atoms with van der Waals surface area (Å²) in [6, 6.07) is 1.33. The van der Waals surface area contributed by atoms with Gasteiger partial charge in [0.1, 0.15) is 0 Å². The maximum Gasteiger partial charge on any atom is 0.0102 e. The van der Waals surface area contributed by atoms with Gasteiger partial charge in [0.15, 0.2) is 0 Å². The summed E-state index contributed by atoms with van der Waals surface area (Å²) >= 11 is 0. The largest absolute Gasteiger partial charge is 0.327 e. The average molecular weight is 182 g/mol. The molecule has 0 aromatic heterocycles. The van der Waals surface area contributed by atoms with E-state index in [-0.39, 0.29) is 0 Å². The van der Waals surface area contributed by atoms with Crippen molar-refractivity contribution in [2.24, 2.45) is 11.1 Å². The first-order valence-corrected chi connectivity index (χ1v) is 5.76. The van der Waals surface area contributed by atoms with Crippen LogP contribution in [0.15, 0.2) is 0 Å². The zero-order valence-corrected chi connectivity index (χ0v) is 8.68. The van der Waals surface area contributed by atoms with Gasteiger partial charge in [-0.3, -0.25) is 0 Å². The normalized spacial score (nSPS) is 43.8. The highest BCUT2D eigenvalue weighted by atomic mass is 14.9. The van der Waals surface area contributed by atoms with Gasteiger partial charge >= 0.3 is 0 Å². The van der Waals surface area contributed by atoms with Crippen LogP contribution in [0.5, 0.6) is 0 Å². The first-order valence-electron chi connectivity index (χ1n) is 5.76. The van der Waals surface area contributed by atoms with Gasteiger partial charge in [0.2, 0.25) is 0 Å². The quantitative estimate of drug-likeness (QED) is 0.696. The Morgan fingerprint density at radius 3 is 2.46 bits per heavy atom. The van der Waals surface area contributed by atoms with Crippen LogP contribution < -0.4 is 11.1 Å². The molecule has 2 nitrogen and oxygen atoms in total. The lowest BCUT2D eigenvalue weighted by atomic mass is 9.83. The number of nitrogens with two attached hydrogens (primary N) is 1. The van der Waals surface area contributed by atoms with E-state index in [2.05, 4.69) is 12.2 Å². The van der Waals surface area contributed by atoms with Crippen LogP contribution >= 0.6 is 0 Å². The second-order valence-electron chi connectivity index (χ2n) is 4.90. The molecule has 1 unspecified atom stereocenters. The van der Waals surface area contributed by atoms with Crippen molar-refractivity contribution >= 4 is 0 Å². The third-order valence-corrected chi connectivity index (χ3v) is 3.92. The highest BCUT2D eigenvalue weighted by molar-refractivity contribution is 5.08. The van der Waals surface area contributed by atoms with Gasteiger partial charge in [-0.15, -0.1) is 0 Å². The van der Waals surface area contributed by atoms with E-state index >= 15 is 0 Å². The molecular weight excluding hydrogens is 160 g/mol. The van der Waals surface area contributed by atoms with Crippen LogP contribution in [-0.2, 0) is 0 Å². The molecule has 2 aliphatic carbocycles. The summed E-state index contributed by atoms with van der Waals surface area (Å²) in [5, 5.41) is 3.61.